The van der Waals surface area contributed by atoms with E-state index in [1.165, 1.54) is 11.0 Å². The first kappa shape index (κ1) is 17.6. The summed E-state index contributed by atoms with van der Waals surface area (Å²) < 4.78 is 0. The molecule has 1 aliphatic heterocycles. The SMILES string of the molecule is Cc1cccc(C[C@H]2CC(=O)N(c3cccc(/C=C/C(=O)O)c3)C2=O)c1. The number of aryl methyl sites for hydroxylation is 1. The van der Waals surface area contributed by atoms with Gasteiger partial charge >= 0.3 is 5.97 Å². The van der Waals surface area contributed by atoms with Crippen molar-refractivity contribution in [2.24, 2.45) is 5.92 Å². The number of aliphatic carboxylic acids is 1. The summed E-state index contributed by atoms with van der Waals surface area (Å²) in [5, 5.41) is 8.73. The number of nitrogens with zero attached hydrogens (tertiary/aromatic N) is 1. The van der Waals surface area contributed by atoms with Gasteiger partial charge in [-0.2, -0.15) is 0 Å². The largest absolute Gasteiger partial charge is 0.478 e. The van der Waals surface area contributed by atoms with Crippen LogP contribution in [0.4, 0.5) is 5.69 Å². The lowest BCUT2D eigenvalue weighted by molar-refractivity contribution is -0.131. The van der Waals surface area contributed by atoms with Gasteiger partial charge in [0.1, 0.15) is 0 Å². The molecule has 1 fully saturated rings. The lowest BCUT2D eigenvalue weighted by atomic mass is 9.97. The number of rotatable bonds is 5. The quantitative estimate of drug-likeness (QED) is 0.664. The first-order valence-electron chi connectivity index (χ1n) is 8.37. The second kappa shape index (κ2) is 7.35. The maximum Gasteiger partial charge on any atom is 0.328 e. The molecule has 5 heteroatoms. The van der Waals surface area contributed by atoms with Crippen LogP contribution < -0.4 is 4.90 Å². The molecular formula is C21H19NO4. The highest BCUT2D eigenvalue weighted by Crippen LogP contribution is 2.29. The first-order valence-corrected chi connectivity index (χ1v) is 8.37. The number of hydrogen-bond donors (Lipinski definition) is 1. The zero-order valence-corrected chi connectivity index (χ0v) is 14.4. The summed E-state index contributed by atoms with van der Waals surface area (Å²) in [4.78, 5) is 37.1. The number of benzene rings is 2. The van der Waals surface area contributed by atoms with Gasteiger partial charge < -0.3 is 5.11 Å². The molecule has 0 spiro atoms. The number of amides is 2. The van der Waals surface area contributed by atoms with Crippen LogP contribution >= 0.6 is 0 Å². The maximum atomic E-state index is 12.8. The van der Waals surface area contributed by atoms with Crippen LogP contribution in [0.25, 0.3) is 6.08 Å². The highest BCUT2D eigenvalue weighted by atomic mass is 16.4. The van der Waals surface area contributed by atoms with Gasteiger partial charge in [0, 0.05) is 12.5 Å². The summed E-state index contributed by atoms with van der Waals surface area (Å²) >= 11 is 0. The van der Waals surface area contributed by atoms with Gasteiger partial charge in [-0.25, -0.2) is 4.79 Å². The molecule has 132 valence electrons. The molecule has 2 aromatic carbocycles. The minimum absolute atomic E-state index is 0.183. The van der Waals surface area contributed by atoms with Crippen molar-refractivity contribution in [1.82, 2.24) is 0 Å². The molecule has 0 unspecified atom stereocenters. The third kappa shape index (κ3) is 3.88. The van der Waals surface area contributed by atoms with Crippen molar-refractivity contribution in [2.45, 2.75) is 19.8 Å². The number of carbonyl (C=O) groups excluding carboxylic acids is 2. The Morgan fingerprint density at radius 3 is 2.69 bits per heavy atom. The van der Waals surface area contributed by atoms with Crippen LogP contribution in [0.15, 0.2) is 54.6 Å². The van der Waals surface area contributed by atoms with Gasteiger partial charge in [-0.05, 0) is 42.7 Å². The summed E-state index contributed by atoms with van der Waals surface area (Å²) in [6.45, 7) is 1.99. The van der Waals surface area contributed by atoms with E-state index in [-0.39, 0.29) is 24.2 Å². The van der Waals surface area contributed by atoms with E-state index in [1.807, 2.05) is 31.2 Å². The van der Waals surface area contributed by atoms with E-state index in [2.05, 4.69) is 0 Å². The van der Waals surface area contributed by atoms with Gasteiger partial charge in [-0.1, -0.05) is 42.0 Å². The lowest BCUT2D eigenvalue weighted by Crippen LogP contribution is -2.30. The van der Waals surface area contributed by atoms with Gasteiger partial charge in [0.2, 0.25) is 11.8 Å². The summed E-state index contributed by atoms with van der Waals surface area (Å²) in [6, 6.07) is 14.7. The molecule has 3 rings (SSSR count). The molecule has 2 amide bonds. The third-order valence-electron chi connectivity index (χ3n) is 4.35. The van der Waals surface area contributed by atoms with Crippen molar-refractivity contribution in [3.8, 4) is 0 Å². The van der Waals surface area contributed by atoms with Crippen LogP contribution in [-0.2, 0) is 20.8 Å². The second-order valence-corrected chi connectivity index (χ2v) is 6.43. The Labute approximate surface area is 151 Å². The second-order valence-electron chi connectivity index (χ2n) is 6.43. The molecule has 1 heterocycles. The topological polar surface area (TPSA) is 74.7 Å². The van der Waals surface area contributed by atoms with Crippen LogP contribution in [-0.4, -0.2) is 22.9 Å². The molecule has 1 atom stereocenters. The van der Waals surface area contributed by atoms with E-state index in [4.69, 9.17) is 5.11 Å². The van der Waals surface area contributed by atoms with Crippen LogP contribution in [0.1, 0.15) is 23.1 Å². The molecule has 0 aliphatic carbocycles. The fourth-order valence-electron chi connectivity index (χ4n) is 3.18. The van der Waals surface area contributed by atoms with E-state index in [9.17, 15) is 14.4 Å². The van der Waals surface area contributed by atoms with Gasteiger partial charge in [0.25, 0.3) is 0 Å². The van der Waals surface area contributed by atoms with Crippen LogP contribution in [0.2, 0.25) is 0 Å². The minimum Gasteiger partial charge on any atom is -0.478 e. The predicted octanol–water partition coefficient (Wildman–Crippen LogP) is 3.22. The van der Waals surface area contributed by atoms with Gasteiger partial charge in [-0.3, -0.25) is 14.5 Å². The number of imide groups is 1. The number of carbonyl (C=O) groups is 3. The fraction of sp³-hybridized carbons (Fsp3) is 0.190. The van der Waals surface area contributed by atoms with E-state index >= 15 is 0 Å². The van der Waals surface area contributed by atoms with Crippen LogP contribution in [0, 0.1) is 12.8 Å². The molecule has 1 N–H and O–H groups in total. The molecule has 0 saturated carbocycles. The number of hydrogen-bond acceptors (Lipinski definition) is 3. The Hall–Kier alpha value is -3.21. The Balaban J connectivity index is 1.81. The van der Waals surface area contributed by atoms with Crippen LogP contribution in [0.5, 0.6) is 0 Å². The van der Waals surface area contributed by atoms with Crippen LogP contribution in [0.3, 0.4) is 0 Å². The van der Waals surface area contributed by atoms with Crippen molar-refractivity contribution < 1.29 is 19.5 Å². The summed E-state index contributed by atoms with van der Waals surface area (Å²) in [5.41, 5.74) is 3.25. The maximum absolute atomic E-state index is 12.8. The molecule has 5 nitrogen and oxygen atoms in total. The van der Waals surface area contributed by atoms with Crippen molar-refractivity contribution in [3.05, 3.63) is 71.3 Å². The summed E-state index contributed by atoms with van der Waals surface area (Å²) in [7, 11) is 0. The molecule has 2 aromatic rings. The summed E-state index contributed by atoms with van der Waals surface area (Å²) in [5.74, 6) is -1.87. The third-order valence-corrected chi connectivity index (χ3v) is 4.35. The van der Waals surface area contributed by atoms with Crippen molar-refractivity contribution in [2.75, 3.05) is 4.90 Å². The number of carboxylic acids is 1. The van der Waals surface area contributed by atoms with Gasteiger partial charge in [-0.15, -0.1) is 0 Å². The van der Waals surface area contributed by atoms with E-state index in [0.29, 0.717) is 17.7 Å². The molecule has 1 saturated heterocycles. The Morgan fingerprint density at radius 2 is 1.96 bits per heavy atom. The zero-order valence-electron chi connectivity index (χ0n) is 14.4. The number of carboxylic acid groups (broad SMARTS) is 1. The molecular weight excluding hydrogens is 330 g/mol. The monoisotopic (exact) mass is 349 g/mol. The van der Waals surface area contributed by atoms with E-state index < -0.39 is 5.97 Å². The fourth-order valence-corrected chi connectivity index (χ4v) is 3.18. The molecule has 0 radical (unpaired) electrons. The Morgan fingerprint density at radius 1 is 1.19 bits per heavy atom. The average molecular weight is 349 g/mol. The van der Waals surface area contributed by atoms with Gasteiger partial charge in [0.05, 0.1) is 11.6 Å². The highest BCUT2D eigenvalue weighted by Gasteiger charge is 2.39. The average Bonchev–Trinajstić information content (AvgIpc) is 2.87. The van der Waals surface area contributed by atoms with Crippen molar-refractivity contribution in [1.29, 1.82) is 0 Å². The number of anilines is 1. The standard InChI is InChI=1S/C21H19NO4/c1-14-4-2-6-16(10-14)11-17-13-19(23)22(21(17)26)18-7-3-5-15(12-18)8-9-20(24)25/h2-10,12,17H,11,13H2,1H3,(H,24,25)/b9-8+/t17-/m0/s1. The molecule has 1 aliphatic rings. The molecule has 0 aromatic heterocycles. The van der Waals surface area contributed by atoms with E-state index in [1.54, 1.807) is 24.3 Å². The zero-order chi connectivity index (χ0) is 18.7. The molecule has 0 bridgehead atoms. The predicted molar refractivity (Wildman–Crippen MR) is 98.6 cm³/mol. The minimum atomic E-state index is -1.05. The smallest absolute Gasteiger partial charge is 0.328 e. The lowest BCUT2D eigenvalue weighted by Gasteiger charge is -2.16. The Bertz CT molecular complexity index is 900. The van der Waals surface area contributed by atoms with E-state index in [0.717, 1.165) is 17.2 Å². The van der Waals surface area contributed by atoms with Gasteiger partial charge in [0.15, 0.2) is 0 Å². The normalized spacial score (nSPS) is 17.3. The van der Waals surface area contributed by atoms with Crippen molar-refractivity contribution in [3.63, 3.8) is 0 Å². The first-order chi connectivity index (χ1) is 12.4. The van der Waals surface area contributed by atoms with Crippen molar-refractivity contribution >= 4 is 29.5 Å². The summed E-state index contributed by atoms with van der Waals surface area (Å²) in [6.07, 6.45) is 3.16. The Kier molecular flexibility index (Phi) is 4.98. The highest BCUT2D eigenvalue weighted by molar-refractivity contribution is 6.21. The molecule has 26 heavy (non-hydrogen) atoms.